The molecule has 5 heteroatoms. The molecule has 2 aliphatic rings. The summed E-state index contributed by atoms with van der Waals surface area (Å²) in [5.74, 6) is 0.478. The Labute approximate surface area is 129 Å². The van der Waals surface area contributed by atoms with Crippen LogP contribution in [0, 0.1) is 11.7 Å². The van der Waals surface area contributed by atoms with Crippen LogP contribution in [0.5, 0.6) is 0 Å². The largest absolute Gasteiger partial charge is 0.478 e. The number of ether oxygens (including phenoxy) is 1. The molecule has 4 nitrogen and oxygen atoms in total. The van der Waals surface area contributed by atoms with Crippen LogP contribution in [-0.4, -0.2) is 18.4 Å². The van der Waals surface area contributed by atoms with Gasteiger partial charge in [0.25, 0.3) is 0 Å². The molecule has 118 valence electrons. The molecule has 3 unspecified atom stereocenters. The van der Waals surface area contributed by atoms with E-state index in [4.69, 9.17) is 4.74 Å². The van der Waals surface area contributed by atoms with Gasteiger partial charge in [0, 0.05) is 24.1 Å². The summed E-state index contributed by atoms with van der Waals surface area (Å²) in [6.07, 6.45) is 4.91. The van der Waals surface area contributed by atoms with Gasteiger partial charge in [-0.2, -0.15) is 0 Å². The number of halogens is 1. The molecule has 0 saturated heterocycles. The van der Waals surface area contributed by atoms with E-state index in [0.717, 1.165) is 25.7 Å². The van der Waals surface area contributed by atoms with E-state index in [2.05, 4.69) is 10.3 Å². The van der Waals surface area contributed by atoms with Crippen molar-refractivity contribution in [2.75, 3.05) is 5.32 Å². The monoisotopic (exact) mass is 304 g/mol. The predicted molar refractivity (Wildman–Crippen MR) is 83.4 cm³/mol. The van der Waals surface area contributed by atoms with Crippen molar-refractivity contribution in [2.45, 2.75) is 51.2 Å². The average Bonchev–Trinajstić information content (AvgIpc) is 2.49. The van der Waals surface area contributed by atoms with Crippen LogP contribution in [0.1, 0.15) is 45.1 Å². The molecule has 3 atom stereocenters. The molecule has 1 fully saturated rings. The molecule has 1 aliphatic carbocycles. The minimum atomic E-state index is -0.655. The Bertz CT molecular complexity index is 617. The number of nitrogens with zero attached hydrogens (tertiary/aromatic N) is 1. The second-order valence-electron chi connectivity index (χ2n) is 6.28. The number of anilines is 1. The van der Waals surface area contributed by atoms with Gasteiger partial charge in [0.15, 0.2) is 5.90 Å². The number of rotatable bonds is 3. The lowest BCUT2D eigenvalue weighted by atomic mass is 9.70. The van der Waals surface area contributed by atoms with Gasteiger partial charge in [-0.15, -0.1) is 0 Å². The molecule has 1 aromatic rings. The maximum atomic E-state index is 14.5. The fourth-order valence-electron chi connectivity index (χ4n) is 3.87. The highest BCUT2D eigenvalue weighted by Crippen LogP contribution is 2.47. The van der Waals surface area contributed by atoms with E-state index in [-0.39, 0.29) is 17.8 Å². The number of benzene rings is 1. The zero-order valence-electron chi connectivity index (χ0n) is 12.9. The van der Waals surface area contributed by atoms with Crippen molar-refractivity contribution in [1.82, 2.24) is 0 Å². The SMILES string of the molecule is CC1=NC(C)(c2cc(NC=O)ccc2F)C2CCCCC2O1. The Morgan fingerprint density at radius 1 is 1.41 bits per heavy atom. The molecule has 0 aromatic heterocycles. The fourth-order valence-corrected chi connectivity index (χ4v) is 3.87. The first-order chi connectivity index (χ1) is 10.5. The highest BCUT2D eigenvalue weighted by Gasteiger charge is 2.47. The molecule has 22 heavy (non-hydrogen) atoms. The Balaban J connectivity index is 2.08. The Morgan fingerprint density at radius 3 is 2.95 bits per heavy atom. The van der Waals surface area contributed by atoms with Crippen LogP contribution in [0.4, 0.5) is 10.1 Å². The summed E-state index contributed by atoms with van der Waals surface area (Å²) >= 11 is 0. The molecule has 1 aromatic carbocycles. The average molecular weight is 304 g/mol. The molecule has 1 amide bonds. The lowest BCUT2D eigenvalue weighted by Gasteiger charge is -2.45. The van der Waals surface area contributed by atoms with Gasteiger partial charge in [-0.1, -0.05) is 6.42 Å². The first-order valence-electron chi connectivity index (χ1n) is 7.78. The smallest absolute Gasteiger partial charge is 0.211 e. The molecule has 3 rings (SSSR count). The second kappa shape index (κ2) is 5.71. The number of carbonyl (C=O) groups excluding carboxylic acids is 1. The third kappa shape index (κ3) is 2.49. The van der Waals surface area contributed by atoms with Crippen molar-refractivity contribution in [3.63, 3.8) is 0 Å². The van der Waals surface area contributed by atoms with Crippen LogP contribution >= 0.6 is 0 Å². The predicted octanol–water partition coefficient (Wildman–Crippen LogP) is 3.62. The topological polar surface area (TPSA) is 50.7 Å². The number of aliphatic imine (C=N–C) groups is 1. The molecule has 0 radical (unpaired) electrons. The van der Waals surface area contributed by atoms with Crippen LogP contribution in [0.25, 0.3) is 0 Å². The number of hydrogen-bond donors (Lipinski definition) is 1. The summed E-state index contributed by atoms with van der Waals surface area (Å²) in [7, 11) is 0. The van der Waals surface area contributed by atoms with Gasteiger partial charge in [0.05, 0.1) is 5.54 Å². The van der Waals surface area contributed by atoms with E-state index in [1.54, 1.807) is 12.1 Å². The standard InChI is InChI=1S/C17H21FN2O2/c1-11-20-17(2,13-5-3-4-6-16(13)22-11)14-9-12(19-10-21)7-8-15(14)18/h7-10,13,16H,3-6H2,1-2H3,(H,19,21). The number of fused-ring (bicyclic) bond motifs is 1. The molecular formula is C17H21FN2O2. The summed E-state index contributed by atoms with van der Waals surface area (Å²) in [5, 5.41) is 2.59. The maximum absolute atomic E-state index is 14.5. The minimum absolute atomic E-state index is 0.0957. The molecule has 1 aliphatic heterocycles. The first kappa shape index (κ1) is 15.0. The fraction of sp³-hybridized carbons (Fsp3) is 0.529. The van der Waals surface area contributed by atoms with Crippen molar-refractivity contribution in [3.8, 4) is 0 Å². The second-order valence-corrected chi connectivity index (χ2v) is 6.28. The quantitative estimate of drug-likeness (QED) is 0.867. The van der Waals surface area contributed by atoms with E-state index in [1.807, 2.05) is 13.8 Å². The third-order valence-electron chi connectivity index (χ3n) is 4.87. The van der Waals surface area contributed by atoms with Crippen LogP contribution in [0.2, 0.25) is 0 Å². The highest BCUT2D eigenvalue weighted by atomic mass is 19.1. The van der Waals surface area contributed by atoms with Crippen LogP contribution < -0.4 is 5.32 Å². The van der Waals surface area contributed by atoms with Crippen molar-refractivity contribution < 1.29 is 13.9 Å². The summed E-state index contributed by atoms with van der Waals surface area (Å²) in [5.41, 5.74) is 0.455. The Hall–Kier alpha value is -1.91. The lowest BCUT2D eigenvalue weighted by molar-refractivity contribution is -0.105. The lowest BCUT2D eigenvalue weighted by Crippen LogP contribution is -2.47. The summed E-state index contributed by atoms with van der Waals surface area (Å²) in [4.78, 5) is 15.3. The van der Waals surface area contributed by atoms with Crippen LogP contribution in [0.3, 0.4) is 0 Å². The van der Waals surface area contributed by atoms with E-state index < -0.39 is 5.54 Å². The Kier molecular flexibility index (Phi) is 3.89. The van der Waals surface area contributed by atoms with Crippen molar-refractivity contribution in [3.05, 3.63) is 29.6 Å². The van der Waals surface area contributed by atoms with Gasteiger partial charge >= 0.3 is 0 Å². The minimum Gasteiger partial charge on any atom is -0.478 e. The van der Waals surface area contributed by atoms with Gasteiger partial charge < -0.3 is 10.1 Å². The molecule has 1 N–H and O–H groups in total. The number of carbonyl (C=O) groups is 1. The first-order valence-corrected chi connectivity index (χ1v) is 7.78. The summed E-state index contributed by atoms with van der Waals surface area (Å²) in [6.45, 7) is 3.81. The molecule has 0 spiro atoms. The zero-order chi connectivity index (χ0) is 15.7. The van der Waals surface area contributed by atoms with Gasteiger partial charge in [0.2, 0.25) is 6.41 Å². The van der Waals surface area contributed by atoms with E-state index in [9.17, 15) is 9.18 Å². The van der Waals surface area contributed by atoms with Crippen molar-refractivity contribution in [2.24, 2.45) is 10.9 Å². The summed E-state index contributed by atoms with van der Waals surface area (Å²) < 4.78 is 20.4. The number of hydrogen-bond acceptors (Lipinski definition) is 3. The van der Waals surface area contributed by atoms with Crippen molar-refractivity contribution >= 4 is 18.0 Å². The van der Waals surface area contributed by atoms with E-state index in [0.29, 0.717) is 23.6 Å². The molecule has 1 heterocycles. The molecular weight excluding hydrogens is 283 g/mol. The highest BCUT2D eigenvalue weighted by molar-refractivity contribution is 5.75. The zero-order valence-corrected chi connectivity index (χ0v) is 12.9. The normalized spacial score (nSPS) is 30.8. The van der Waals surface area contributed by atoms with Gasteiger partial charge in [-0.3, -0.25) is 4.79 Å². The van der Waals surface area contributed by atoms with E-state index in [1.165, 1.54) is 6.07 Å². The number of nitrogens with one attached hydrogen (secondary N) is 1. The summed E-state index contributed by atoms with van der Waals surface area (Å²) in [6, 6.07) is 4.65. The molecule has 1 saturated carbocycles. The van der Waals surface area contributed by atoms with Crippen molar-refractivity contribution in [1.29, 1.82) is 0 Å². The van der Waals surface area contributed by atoms with Crippen LogP contribution in [-0.2, 0) is 15.1 Å². The van der Waals surface area contributed by atoms with Gasteiger partial charge in [-0.05, 0) is 44.4 Å². The molecule has 0 bridgehead atoms. The van der Waals surface area contributed by atoms with Gasteiger partial charge in [-0.25, -0.2) is 9.38 Å². The Morgan fingerprint density at radius 2 is 2.18 bits per heavy atom. The van der Waals surface area contributed by atoms with Gasteiger partial charge in [0.1, 0.15) is 11.9 Å². The maximum Gasteiger partial charge on any atom is 0.211 e. The number of amides is 1. The van der Waals surface area contributed by atoms with E-state index >= 15 is 0 Å². The third-order valence-corrected chi connectivity index (χ3v) is 4.87. The van der Waals surface area contributed by atoms with Crippen LogP contribution in [0.15, 0.2) is 23.2 Å².